The normalized spacial score (nSPS) is 13.0. The molecule has 1 unspecified atom stereocenters. The molecule has 0 aliphatic rings. The van der Waals surface area contributed by atoms with Crippen molar-refractivity contribution in [1.82, 2.24) is 9.78 Å². The number of nitrogens with two attached hydrogens (primary N) is 1. The van der Waals surface area contributed by atoms with Gasteiger partial charge in [-0.25, -0.2) is 0 Å². The largest absolute Gasteiger partial charge is 0.472 e. The Balaban J connectivity index is 1.96. The zero-order valence-electron chi connectivity index (χ0n) is 10.2. The lowest BCUT2D eigenvalue weighted by atomic mass is 10.0. The molecule has 2 heterocycles. The molecule has 0 aliphatic carbocycles. The van der Waals surface area contributed by atoms with E-state index in [-0.39, 0.29) is 6.04 Å². The molecular formula is C14H15N3O. The van der Waals surface area contributed by atoms with Gasteiger partial charge in [-0.15, -0.1) is 0 Å². The molecule has 4 heteroatoms. The van der Waals surface area contributed by atoms with Crippen molar-refractivity contribution in [1.29, 1.82) is 0 Å². The summed E-state index contributed by atoms with van der Waals surface area (Å²) < 4.78 is 6.96. The summed E-state index contributed by atoms with van der Waals surface area (Å²) in [6.45, 7) is 0. The van der Waals surface area contributed by atoms with Gasteiger partial charge in [0.2, 0.25) is 0 Å². The van der Waals surface area contributed by atoms with E-state index in [0.29, 0.717) is 6.42 Å². The van der Waals surface area contributed by atoms with Crippen LogP contribution in [0.25, 0.3) is 10.9 Å². The molecule has 2 N–H and O–H groups in total. The summed E-state index contributed by atoms with van der Waals surface area (Å²) in [5.41, 5.74) is 9.33. The van der Waals surface area contributed by atoms with Gasteiger partial charge in [0.15, 0.2) is 0 Å². The Labute approximate surface area is 105 Å². The van der Waals surface area contributed by atoms with Crippen LogP contribution in [-0.2, 0) is 13.5 Å². The fourth-order valence-electron chi connectivity index (χ4n) is 2.25. The second-order valence-corrected chi connectivity index (χ2v) is 4.45. The second kappa shape index (κ2) is 4.31. The van der Waals surface area contributed by atoms with Crippen molar-refractivity contribution in [2.24, 2.45) is 12.8 Å². The number of para-hydroxylation sites is 1. The summed E-state index contributed by atoms with van der Waals surface area (Å²) >= 11 is 0. The van der Waals surface area contributed by atoms with Crippen LogP contribution < -0.4 is 5.73 Å². The van der Waals surface area contributed by atoms with E-state index in [9.17, 15) is 0 Å². The van der Waals surface area contributed by atoms with Gasteiger partial charge in [0, 0.05) is 30.5 Å². The molecule has 0 radical (unpaired) electrons. The van der Waals surface area contributed by atoms with Crippen molar-refractivity contribution < 1.29 is 4.42 Å². The molecule has 3 rings (SSSR count). The average Bonchev–Trinajstić information content (AvgIpc) is 3.00. The molecule has 2 aromatic heterocycles. The third kappa shape index (κ3) is 1.80. The Kier molecular flexibility index (Phi) is 2.64. The van der Waals surface area contributed by atoms with Crippen LogP contribution in [0.3, 0.4) is 0 Å². The smallest absolute Gasteiger partial charge is 0.0950 e. The molecule has 0 amide bonds. The quantitative estimate of drug-likeness (QED) is 0.766. The number of aromatic nitrogens is 2. The highest BCUT2D eigenvalue weighted by Gasteiger charge is 2.14. The van der Waals surface area contributed by atoms with Gasteiger partial charge in [0.05, 0.1) is 23.7 Å². The summed E-state index contributed by atoms with van der Waals surface area (Å²) in [5, 5.41) is 5.71. The Bertz CT molecular complexity index is 655. The lowest BCUT2D eigenvalue weighted by Gasteiger charge is -2.06. The summed E-state index contributed by atoms with van der Waals surface area (Å²) in [7, 11) is 1.95. The summed E-state index contributed by atoms with van der Waals surface area (Å²) in [6.07, 6.45) is 4.04. The second-order valence-electron chi connectivity index (χ2n) is 4.45. The van der Waals surface area contributed by atoms with Crippen molar-refractivity contribution in [3.63, 3.8) is 0 Å². The Morgan fingerprint density at radius 3 is 2.94 bits per heavy atom. The Hall–Kier alpha value is -2.07. The van der Waals surface area contributed by atoms with Crippen LogP contribution in [0, 0.1) is 0 Å². The summed E-state index contributed by atoms with van der Waals surface area (Å²) in [5.74, 6) is 0. The van der Waals surface area contributed by atoms with E-state index in [1.54, 1.807) is 12.5 Å². The van der Waals surface area contributed by atoms with Crippen molar-refractivity contribution in [2.45, 2.75) is 12.5 Å². The molecule has 0 aliphatic heterocycles. The van der Waals surface area contributed by atoms with E-state index >= 15 is 0 Å². The van der Waals surface area contributed by atoms with Crippen LogP contribution >= 0.6 is 0 Å². The van der Waals surface area contributed by atoms with Crippen LogP contribution in [0.2, 0.25) is 0 Å². The Morgan fingerprint density at radius 1 is 1.33 bits per heavy atom. The van der Waals surface area contributed by atoms with Gasteiger partial charge >= 0.3 is 0 Å². The fraction of sp³-hybridized carbons (Fsp3) is 0.214. The number of rotatable bonds is 3. The van der Waals surface area contributed by atoms with Gasteiger partial charge in [-0.1, -0.05) is 18.2 Å². The van der Waals surface area contributed by atoms with Gasteiger partial charge in [-0.05, 0) is 12.1 Å². The number of nitrogens with zero attached hydrogens (tertiary/aromatic N) is 2. The maximum absolute atomic E-state index is 6.16. The van der Waals surface area contributed by atoms with Crippen molar-refractivity contribution in [3.8, 4) is 0 Å². The molecule has 0 spiro atoms. The van der Waals surface area contributed by atoms with Gasteiger partial charge in [0.1, 0.15) is 0 Å². The van der Waals surface area contributed by atoms with Gasteiger partial charge < -0.3 is 10.2 Å². The first-order valence-electron chi connectivity index (χ1n) is 5.94. The lowest BCUT2D eigenvalue weighted by molar-refractivity contribution is 0.557. The number of aryl methyl sites for hydroxylation is 1. The van der Waals surface area contributed by atoms with Crippen molar-refractivity contribution >= 4 is 10.9 Å². The lowest BCUT2D eigenvalue weighted by Crippen LogP contribution is -2.13. The zero-order chi connectivity index (χ0) is 12.5. The highest BCUT2D eigenvalue weighted by atomic mass is 16.3. The third-order valence-electron chi connectivity index (χ3n) is 3.22. The monoisotopic (exact) mass is 241 g/mol. The molecule has 0 saturated heterocycles. The predicted molar refractivity (Wildman–Crippen MR) is 70.1 cm³/mol. The number of furan rings is 1. The third-order valence-corrected chi connectivity index (χ3v) is 3.22. The first-order valence-corrected chi connectivity index (χ1v) is 5.94. The van der Waals surface area contributed by atoms with E-state index < -0.39 is 0 Å². The molecule has 1 aromatic carbocycles. The van der Waals surface area contributed by atoms with E-state index in [0.717, 1.165) is 16.8 Å². The molecule has 4 nitrogen and oxygen atoms in total. The standard InChI is InChI=1S/C14H15N3O/c1-17-14-5-3-2-4-11(14)13(16-17)8-12(15)10-6-7-18-9-10/h2-7,9,12H,8,15H2,1H3. The molecule has 3 aromatic rings. The minimum absolute atomic E-state index is 0.0814. The molecule has 0 bridgehead atoms. The number of hydrogen-bond acceptors (Lipinski definition) is 3. The van der Waals surface area contributed by atoms with Gasteiger partial charge in [-0.3, -0.25) is 4.68 Å². The predicted octanol–water partition coefficient (Wildman–Crippen LogP) is 2.41. The van der Waals surface area contributed by atoms with Crippen LogP contribution in [0.5, 0.6) is 0 Å². The molecule has 18 heavy (non-hydrogen) atoms. The minimum Gasteiger partial charge on any atom is -0.472 e. The van der Waals surface area contributed by atoms with E-state index in [1.807, 2.05) is 29.9 Å². The maximum Gasteiger partial charge on any atom is 0.0950 e. The van der Waals surface area contributed by atoms with E-state index in [1.165, 1.54) is 5.39 Å². The summed E-state index contributed by atoms with van der Waals surface area (Å²) in [6, 6.07) is 10.0. The van der Waals surface area contributed by atoms with Gasteiger partial charge in [0.25, 0.3) is 0 Å². The van der Waals surface area contributed by atoms with Crippen molar-refractivity contribution in [2.75, 3.05) is 0 Å². The molecule has 0 fully saturated rings. The van der Waals surface area contributed by atoms with Gasteiger partial charge in [-0.2, -0.15) is 5.10 Å². The number of benzene rings is 1. The number of fused-ring (bicyclic) bond motifs is 1. The van der Waals surface area contributed by atoms with E-state index in [4.69, 9.17) is 10.2 Å². The Morgan fingerprint density at radius 2 is 2.17 bits per heavy atom. The topological polar surface area (TPSA) is 57.0 Å². The molecular weight excluding hydrogens is 226 g/mol. The van der Waals surface area contributed by atoms with Crippen LogP contribution in [-0.4, -0.2) is 9.78 Å². The number of hydrogen-bond donors (Lipinski definition) is 1. The first-order chi connectivity index (χ1) is 8.75. The van der Waals surface area contributed by atoms with E-state index in [2.05, 4.69) is 17.2 Å². The summed E-state index contributed by atoms with van der Waals surface area (Å²) in [4.78, 5) is 0. The van der Waals surface area contributed by atoms with Crippen LogP contribution in [0.15, 0.2) is 47.3 Å². The molecule has 1 atom stereocenters. The highest BCUT2D eigenvalue weighted by molar-refractivity contribution is 5.81. The minimum atomic E-state index is -0.0814. The fourth-order valence-corrected chi connectivity index (χ4v) is 2.25. The van der Waals surface area contributed by atoms with Crippen LogP contribution in [0.1, 0.15) is 17.3 Å². The highest BCUT2D eigenvalue weighted by Crippen LogP contribution is 2.22. The maximum atomic E-state index is 6.16. The SMILES string of the molecule is Cn1nc(CC(N)c2ccoc2)c2ccccc21. The molecule has 0 saturated carbocycles. The molecule has 92 valence electrons. The first kappa shape index (κ1) is 11.0. The average molecular weight is 241 g/mol. The van der Waals surface area contributed by atoms with Crippen molar-refractivity contribution in [3.05, 3.63) is 54.1 Å². The zero-order valence-corrected chi connectivity index (χ0v) is 10.2. The van der Waals surface area contributed by atoms with Crippen LogP contribution in [0.4, 0.5) is 0 Å².